The topological polar surface area (TPSA) is 111 Å². The summed E-state index contributed by atoms with van der Waals surface area (Å²) < 4.78 is 39.7. The van der Waals surface area contributed by atoms with Gasteiger partial charge in [-0.15, -0.1) is 0 Å². The van der Waals surface area contributed by atoms with Crippen molar-refractivity contribution in [1.29, 1.82) is 0 Å². The Kier molecular flexibility index (Phi) is 4.24. The lowest BCUT2D eigenvalue weighted by atomic mass is 10.0. The zero-order chi connectivity index (χ0) is 20.9. The van der Waals surface area contributed by atoms with Crippen LogP contribution in [0.2, 0.25) is 0 Å². The highest BCUT2D eigenvalue weighted by molar-refractivity contribution is 7.92. The fourth-order valence-electron chi connectivity index (χ4n) is 3.78. The first-order valence-electron chi connectivity index (χ1n) is 9.47. The summed E-state index contributed by atoms with van der Waals surface area (Å²) in [4.78, 5) is 16.5. The van der Waals surface area contributed by atoms with Gasteiger partial charge in [-0.05, 0) is 36.6 Å². The molecule has 4 aromatic rings. The lowest BCUT2D eigenvalue weighted by Crippen LogP contribution is -2.35. The van der Waals surface area contributed by atoms with Crippen molar-refractivity contribution in [3.8, 4) is 0 Å². The number of aromatic nitrogens is 3. The maximum Gasteiger partial charge on any atom is 0.420 e. The Morgan fingerprint density at radius 3 is 2.80 bits per heavy atom. The second kappa shape index (κ2) is 6.84. The van der Waals surface area contributed by atoms with Gasteiger partial charge in [0.2, 0.25) is 5.89 Å². The van der Waals surface area contributed by atoms with Gasteiger partial charge in [-0.25, -0.2) is 13.2 Å². The van der Waals surface area contributed by atoms with E-state index in [1.165, 1.54) is 21.0 Å². The molecule has 1 aliphatic rings. The monoisotopic (exact) mass is 426 g/mol. The molecule has 9 nitrogen and oxygen atoms in total. The van der Waals surface area contributed by atoms with Crippen molar-refractivity contribution in [2.45, 2.75) is 31.2 Å². The average molecular weight is 426 g/mol. The number of para-hydroxylation sites is 1. The van der Waals surface area contributed by atoms with Gasteiger partial charge in [0.05, 0.1) is 22.6 Å². The van der Waals surface area contributed by atoms with Gasteiger partial charge in [-0.1, -0.05) is 23.4 Å². The molecule has 2 aromatic heterocycles. The van der Waals surface area contributed by atoms with Gasteiger partial charge in [-0.2, -0.15) is 4.98 Å². The van der Waals surface area contributed by atoms with Crippen molar-refractivity contribution in [3.63, 3.8) is 0 Å². The SMILES string of the molecule is Cc1nc(Cn2c(=O)oc3cc(S(=O)(=O)N4CCCc5ccccc54)ccc32)no1. The molecule has 10 heteroatoms. The molecule has 0 unspecified atom stereocenters. The molecular formula is C20H18N4O5S. The first kappa shape index (κ1) is 18.6. The summed E-state index contributed by atoms with van der Waals surface area (Å²) in [7, 11) is -3.80. The van der Waals surface area contributed by atoms with Gasteiger partial charge in [0, 0.05) is 19.5 Å². The molecular weight excluding hydrogens is 408 g/mol. The van der Waals surface area contributed by atoms with Crippen LogP contribution in [0.5, 0.6) is 0 Å². The molecule has 0 N–H and O–H groups in total. The van der Waals surface area contributed by atoms with Crippen LogP contribution >= 0.6 is 0 Å². The van der Waals surface area contributed by atoms with Crippen LogP contribution in [0.4, 0.5) is 5.69 Å². The first-order valence-corrected chi connectivity index (χ1v) is 10.9. The largest absolute Gasteiger partial charge is 0.420 e. The van der Waals surface area contributed by atoms with Crippen LogP contribution in [0.3, 0.4) is 0 Å². The quantitative estimate of drug-likeness (QED) is 0.493. The number of benzene rings is 2. The number of aryl methyl sites for hydroxylation is 2. The lowest BCUT2D eigenvalue weighted by Gasteiger charge is -2.30. The third-order valence-electron chi connectivity index (χ3n) is 5.16. The molecule has 30 heavy (non-hydrogen) atoms. The summed E-state index contributed by atoms with van der Waals surface area (Å²) in [6, 6.07) is 11.9. The molecule has 0 radical (unpaired) electrons. The van der Waals surface area contributed by atoms with Gasteiger partial charge in [0.25, 0.3) is 10.0 Å². The number of rotatable bonds is 4. The maximum absolute atomic E-state index is 13.3. The molecule has 0 amide bonds. The van der Waals surface area contributed by atoms with E-state index in [0.29, 0.717) is 29.5 Å². The number of hydrogen-bond acceptors (Lipinski definition) is 7. The Morgan fingerprint density at radius 1 is 1.17 bits per heavy atom. The van der Waals surface area contributed by atoms with Crippen LogP contribution in [0.25, 0.3) is 11.1 Å². The van der Waals surface area contributed by atoms with Crippen molar-refractivity contribution in [3.05, 3.63) is 70.3 Å². The number of sulfonamides is 1. The predicted molar refractivity (Wildman–Crippen MR) is 108 cm³/mol. The number of anilines is 1. The summed E-state index contributed by atoms with van der Waals surface area (Å²) in [5.41, 5.74) is 2.34. The summed E-state index contributed by atoms with van der Waals surface area (Å²) in [6.45, 7) is 2.12. The zero-order valence-corrected chi connectivity index (χ0v) is 16.9. The van der Waals surface area contributed by atoms with Crippen molar-refractivity contribution < 1.29 is 17.4 Å². The third-order valence-corrected chi connectivity index (χ3v) is 6.97. The number of fused-ring (bicyclic) bond motifs is 2. The molecule has 0 saturated carbocycles. The Hall–Kier alpha value is -3.40. The predicted octanol–water partition coefficient (Wildman–Crippen LogP) is 2.48. The third kappa shape index (κ3) is 3.00. The molecule has 154 valence electrons. The molecule has 5 rings (SSSR count). The summed E-state index contributed by atoms with van der Waals surface area (Å²) >= 11 is 0. The molecule has 0 spiro atoms. The molecule has 0 saturated heterocycles. The van der Waals surface area contributed by atoms with Crippen molar-refractivity contribution in [2.75, 3.05) is 10.8 Å². The fraction of sp³-hybridized carbons (Fsp3) is 0.250. The smallest absolute Gasteiger partial charge is 0.408 e. The highest BCUT2D eigenvalue weighted by Crippen LogP contribution is 2.32. The van der Waals surface area contributed by atoms with Crippen LogP contribution in [0.1, 0.15) is 23.7 Å². The molecule has 0 aliphatic carbocycles. The van der Waals surface area contributed by atoms with Crippen LogP contribution in [0.15, 0.2) is 61.1 Å². The van der Waals surface area contributed by atoms with Crippen LogP contribution in [0, 0.1) is 6.92 Å². The van der Waals surface area contributed by atoms with E-state index in [0.717, 1.165) is 18.4 Å². The minimum atomic E-state index is -3.80. The lowest BCUT2D eigenvalue weighted by molar-refractivity contribution is 0.385. The Labute approximate surface area is 171 Å². The van der Waals surface area contributed by atoms with E-state index in [4.69, 9.17) is 8.94 Å². The first-order chi connectivity index (χ1) is 14.4. The summed E-state index contributed by atoms with van der Waals surface area (Å²) in [5.74, 6) is 0.102. The van der Waals surface area contributed by atoms with E-state index < -0.39 is 15.8 Å². The average Bonchev–Trinajstić information content (AvgIpc) is 3.29. The maximum atomic E-state index is 13.3. The molecule has 0 fully saturated rings. The van der Waals surface area contributed by atoms with Crippen molar-refractivity contribution >= 4 is 26.8 Å². The second-order valence-corrected chi connectivity index (χ2v) is 8.99. The summed E-state index contributed by atoms with van der Waals surface area (Å²) in [6.07, 6.45) is 1.59. The van der Waals surface area contributed by atoms with Crippen LogP contribution in [-0.2, 0) is 23.0 Å². The molecule has 2 aromatic carbocycles. The van der Waals surface area contributed by atoms with E-state index in [1.807, 2.05) is 24.3 Å². The standard InChI is InChI=1S/C20H18N4O5S/c1-13-21-19(22-29-13)12-23-17-9-8-15(11-18(17)28-20(23)25)30(26,27)24-10-4-6-14-5-2-3-7-16(14)24/h2-3,5,7-9,11H,4,6,10,12H2,1H3. The summed E-state index contributed by atoms with van der Waals surface area (Å²) in [5, 5.41) is 3.79. The number of hydrogen-bond donors (Lipinski definition) is 0. The van der Waals surface area contributed by atoms with Gasteiger partial charge in [0.15, 0.2) is 11.4 Å². The van der Waals surface area contributed by atoms with Crippen molar-refractivity contribution in [1.82, 2.24) is 14.7 Å². The molecule has 1 aliphatic heterocycles. The van der Waals surface area contributed by atoms with Gasteiger partial charge in [-0.3, -0.25) is 8.87 Å². The normalized spacial score (nSPS) is 14.2. The number of oxazole rings is 1. The molecule has 3 heterocycles. The fourth-order valence-corrected chi connectivity index (χ4v) is 5.34. The minimum Gasteiger partial charge on any atom is -0.408 e. The second-order valence-electron chi connectivity index (χ2n) is 7.12. The van der Waals surface area contributed by atoms with E-state index in [2.05, 4.69) is 10.1 Å². The molecule has 0 bridgehead atoms. The van der Waals surface area contributed by atoms with Crippen LogP contribution in [-0.4, -0.2) is 29.7 Å². The number of nitrogens with zero attached hydrogens (tertiary/aromatic N) is 4. The van der Waals surface area contributed by atoms with Gasteiger partial charge >= 0.3 is 5.76 Å². The van der Waals surface area contributed by atoms with Crippen molar-refractivity contribution in [2.24, 2.45) is 0 Å². The van der Waals surface area contributed by atoms with E-state index in [1.54, 1.807) is 13.0 Å². The minimum absolute atomic E-state index is 0.0643. The van der Waals surface area contributed by atoms with Crippen LogP contribution < -0.4 is 10.1 Å². The zero-order valence-electron chi connectivity index (χ0n) is 16.1. The van der Waals surface area contributed by atoms with E-state index >= 15 is 0 Å². The van der Waals surface area contributed by atoms with E-state index in [-0.39, 0.29) is 17.0 Å². The highest BCUT2D eigenvalue weighted by atomic mass is 32.2. The van der Waals surface area contributed by atoms with Gasteiger partial charge in [0.1, 0.15) is 0 Å². The Balaban J connectivity index is 1.55. The molecule has 0 atom stereocenters. The highest BCUT2D eigenvalue weighted by Gasteiger charge is 2.29. The van der Waals surface area contributed by atoms with Gasteiger partial charge < -0.3 is 8.94 Å². The Bertz CT molecular complexity index is 1420. The van der Waals surface area contributed by atoms with E-state index in [9.17, 15) is 13.2 Å². The Morgan fingerprint density at radius 2 is 2.00 bits per heavy atom.